The molecule has 19 heavy (non-hydrogen) atoms. The number of ether oxygens (including phenoxy) is 1. The van der Waals surface area contributed by atoms with Gasteiger partial charge in [0.05, 0.1) is 0 Å². The Kier molecular flexibility index (Phi) is 4.87. The van der Waals surface area contributed by atoms with Crippen LogP contribution in [-0.4, -0.2) is 17.5 Å². The molecule has 0 saturated carbocycles. The van der Waals surface area contributed by atoms with Crippen LogP contribution in [-0.2, 0) is 14.3 Å². The van der Waals surface area contributed by atoms with Gasteiger partial charge in [0.1, 0.15) is 5.60 Å². The average Bonchev–Trinajstić information content (AvgIpc) is 2.34. The van der Waals surface area contributed by atoms with E-state index in [9.17, 15) is 9.59 Å². The quantitative estimate of drug-likeness (QED) is 0.668. The van der Waals surface area contributed by atoms with Gasteiger partial charge < -0.3 is 10.1 Å². The zero-order chi connectivity index (χ0) is 14.5. The predicted molar refractivity (Wildman–Crippen MR) is 73.4 cm³/mol. The normalized spacial score (nSPS) is 12.4. The Morgan fingerprint density at radius 2 is 1.84 bits per heavy atom. The fraction of sp³-hybridized carbons (Fsp3) is 0.333. The van der Waals surface area contributed by atoms with Crippen molar-refractivity contribution in [1.29, 1.82) is 0 Å². The molecule has 0 radical (unpaired) electrons. The number of hydrogen-bond donors (Lipinski definition) is 1. The summed E-state index contributed by atoms with van der Waals surface area (Å²) < 4.78 is 5.31. The fourth-order valence-electron chi connectivity index (χ4n) is 1.49. The largest absolute Gasteiger partial charge is 0.458 e. The molecule has 4 nitrogen and oxygen atoms in total. The molecule has 0 bridgehead atoms. The molecule has 0 aromatic heterocycles. The van der Waals surface area contributed by atoms with Gasteiger partial charge in [-0.3, -0.25) is 4.79 Å². The van der Waals surface area contributed by atoms with Gasteiger partial charge in [0.25, 0.3) is 0 Å². The molecule has 0 aliphatic heterocycles. The van der Waals surface area contributed by atoms with Crippen LogP contribution in [0.5, 0.6) is 0 Å². The Balaban J connectivity index is 2.96. The van der Waals surface area contributed by atoms with Gasteiger partial charge >= 0.3 is 5.97 Å². The van der Waals surface area contributed by atoms with Crippen molar-refractivity contribution in [2.75, 3.05) is 0 Å². The minimum atomic E-state index is -0.828. The second-order valence-corrected chi connectivity index (χ2v) is 5.09. The summed E-state index contributed by atoms with van der Waals surface area (Å²) in [7, 11) is 0. The number of amides is 1. The Bertz CT molecular complexity index is 460. The van der Waals surface area contributed by atoms with Crippen molar-refractivity contribution in [2.45, 2.75) is 32.4 Å². The Hall–Kier alpha value is -2.10. The molecule has 0 fully saturated rings. The van der Waals surface area contributed by atoms with E-state index in [1.807, 2.05) is 6.07 Å². The number of hydrogen-bond acceptors (Lipinski definition) is 3. The smallest absolute Gasteiger partial charge is 0.333 e. The molecule has 1 aromatic carbocycles. The molecule has 0 aliphatic carbocycles. The number of rotatable bonds is 4. The Labute approximate surface area is 113 Å². The van der Waals surface area contributed by atoms with Crippen LogP contribution < -0.4 is 5.32 Å². The van der Waals surface area contributed by atoms with Gasteiger partial charge in [0.15, 0.2) is 6.04 Å². The first-order chi connectivity index (χ1) is 8.83. The maximum atomic E-state index is 12.1. The Morgan fingerprint density at radius 3 is 2.32 bits per heavy atom. The van der Waals surface area contributed by atoms with E-state index in [1.165, 1.54) is 0 Å². The van der Waals surface area contributed by atoms with E-state index in [2.05, 4.69) is 11.9 Å². The molecule has 0 spiro atoms. The highest BCUT2D eigenvalue weighted by Gasteiger charge is 2.27. The summed E-state index contributed by atoms with van der Waals surface area (Å²) in [6.45, 7) is 8.72. The minimum absolute atomic E-state index is 0.417. The number of nitrogens with one attached hydrogen (secondary N) is 1. The maximum Gasteiger partial charge on any atom is 0.333 e. The zero-order valence-corrected chi connectivity index (χ0v) is 11.5. The van der Waals surface area contributed by atoms with Crippen LogP contribution >= 0.6 is 0 Å². The third-order valence-corrected chi connectivity index (χ3v) is 2.25. The average molecular weight is 261 g/mol. The monoisotopic (exact) mass is 261 g/mol. The van der Waals surface area contributed by atoms with E-state index < -0.39 is 23.5 Å². The van der Waals surface area contributed by atoms with Crippen LogP contribution in [0, 0.1) is 0 Å². The van der Waals surface area contributed by atoms with Crippen molar-refractivity contribution >= 4 is 11.9 Å². The highest BCUT2D eigenvalue weighted by Crippen LogP contribution is 2.18. The second-order valence-electron chi connectivity index (χ2n) is 5.09. The van der Waals surface area contributed by atoms with E-state index in [1.54, 1.807) is 45.0 Å². The lowest BCUT2D eigenvalue weighted by Crippen LogP contribution is -2.37. The molecule has 4 heteroatoms. The number of carbonyl (C=O) groups excluding carboxylic acids is 2. The molecule has 0 saturated heterocycles. The predicted octanol–water partition coefficient (Wildman–Crippen LogP) is 2.37. The lowest BCUT2D eigenvalue weighted by atomic mass is 10.1. The number of benzene rings is 1. The minimum Gasteiger partial charge on any atom is -0.458 e. The standard InChI is InChI=1S/C15H19NO3/c1-5-12(17)16-13(11-9-7-6-8-10-11)14(18)19-15(2,3)4/h5-10,13H,1H2,2-4H3,(H,16,17)/t13-/m1/s1. The second kappa shape index (κ2) is 6.18. The SMILES string of the molecule is C=CC(=O)N[C@@H](C(=O)OC(C)(C)C)c1ccccc1. The van der Waals surface area contributed by atoms with Crippen molar-refractivity contribution in [3.05, 3.63) is 48.6 Å². The van der Waals surface area contributed by atoms with Gasteiger partial charge in [-0.05, 0) is 32.4 Å². The summed E-state index contributed by atoms with van der Waals surface area (Å²) >= 11 is 0. The van der Waals surface area contributed by atoms with Crippen LogP contribution in [0.3, 0.4) is 0 Å². The van der Waals surface area contributed by atoms with Crippen molar-refractivity contribution in [3.8, 4) is 0 Å². The molecular formula is C15H19NO3. The summed E-state index contributed by atoms with van der Waals surface area (Å²) in [4.78, 5) is 23.6. The van der Waals surface area contributed by atoms with Gasteiger partial charge in [-0.2, -0.15) is 0 Å². The van der Waals surface area contributed by atoms with Gasteiger partial charge in [-0.15, -0.1) is 0 Å². The first-order valence-corrected chi connectivity index (χ1v) is 6.04. The van der Waals surface area contributed by atoms with Crippen molar-refractivity contribution < 1.29 is 14.3 Å². The Morgan fingerprint density at radius 1 is 1.26 bits per heavy atom. The molecule has 1 aromatic rings. The van der Waals surface area contributed by atoms with Gasteiger partial charge in [0.2, 0.25) is 5.91 Å². The molecule has 1 rings (SSSR count). The first kappa shape index (κ1) is 15.0. The molecule has 1 N–H and O–H groups in total. The molecule has 0 unspecified atom stereocenters. The van der Waals surface area contributed by atoms with Gasteiger partial charge in [0, 0.05) is 0 Å². The number of carbonyl (C=O) groups is 2. The van der Waals surface area contributed by atoms with Crippen molar-refractivity contribution in [2.24, 2.45) is 0 Å². The van der Waals surface area contributed by atoms with Crippen molar-refractivity contribution in [3.63, 3.8) is 0 Å². The lowest BCUT2D eigenvalue weighted by molar-refractivity contribution is -0.158. The van der Waals surface area contributed by atoms with E-state index in [0.29, 0.717) is 5.56 Å². The van der Waals surface area contributed by atoms with Gasteiger partial charge in [-0.25, -0.2) is 4.79 Å². The van der Waals surface area contributed by atoms with E-state index >= 15 is 0 Å². The van der Waals surface area contributed by atoms with E-state index in [4.69, 9.17) is 4.74 Å². The fourth-order valence-corrected chi connectivity index (χ4v) is 1.49. The number of esters is 1. The topological polar surface area (TPSA) is 55.4 Å². The molecule has 1 atom stereocenters. The zero-order valence-electron chi connectivity index (χ0n) is 11.5. The van der Waals surface area contributed by atoms with Gasteiger partial charge in [-0.1, -0.05) is 36.9 Å². The van der Waals surface area contributed by atoms with Crippen LogP contribution in [0.2, 0.25) is 0 Å². The van der Waals surface area contributed by atoms with Crippen LogP contribution in [0.1, 0.15) is 32.4 Å². The first-order valence-electron chi connectivity index (χ1n) is 6.04. The van der Waals surface area contributed by atoms with Crippen LogP contribution in [0.25, 0.3) is 0 Å². The third-order valence-electron chi connectivity index (χ3n) is 2.25. The summed E-state index contributed by atoms with van der Waals surface area (Å²) in [5.41, 5.74) is 0.0650. The molecule has 1 amide bonds. The third kappa shape index (κ3) is 4.95. The highest BCUT2D eigenvalue weighted by atomic mass is 16.6. The molecule has 102 valence electrons. The highest BCUT2D eigenvalue weighted by molar-refractivity contribution is 5.91. The van der Waals surface area contributed by atoms with E-state index in [-0.39, 0.29) is 0 Å². The summed E-state index contributed by atoms with van der Waals surface area (Å²) in [5.74, 6) is -0.909. The summed E-state index contributed by atoms with van der Waals surface area (Å²) in [5, 5.41) is 2.57. The van der Waals surface area contributed by atoms with Crippen LogP contribution in [0.4, 0.5) is 0 Å². The molecule has 0 aliphatic rings. The molecule has 0 heterocycles. The molecular weight excluding hydrogens is 242 g/mol. The maximum absolute atomic E-state index is 12.1. The summed E-state index contributed by atoms with van der Waals surface area (Å²) in [6.07, 6.45) is 1.13. The lowest BCUT2D eigenvalue weighted by Gasteiger charge is -2.24. The van der Waals surface area contributed by atoms with Crippen molar-refractivity contribution in [1.82, 2.24) is 5.32 Å². The summed E-state index contributed by atoms with van der Waals surface area (Å²) in [6, 6.07) is 8.13. The van der Waals surface area contributed by atoms with Crippen LogP contribution in [0.15, 0.2) is 43.0 Å². The van der Waals surface area contributed by atoms with E-state index in [0.717, 1.165) is 6.08 Å².